The molecule has 19 heavy (non-hydrogen) atoms. The van der Waals surface area contributed by atoms with Crippen molar-refractivity contribution in [2.75, 3.05) is 7.11 Å². The second kappa shape index (κ2) is 6.71. The highest BCUT2D eigenvalue weighted by atomic mass is 16.5. The highest BCUT2D eigenvalue weighted by Gasteiger charge is 2.08. The maximum atomic E-state index is 11.2. The molecule has 0 aliphatic rings. The van der Waals surface area contributed by atoms with E-state index in [0.29, 0.717) is 16.8 Å². The van der Waals surface area contributed by atoms with Gasteiger partial charge in [0.25, 0.3) is 0 Å². The summed E-state index contributed by atoms with van der Waals surface area (Å²) in [6, 6.07) is 8.59. The molecule has 96 valence electrons. The molecule has 0 fully saturated rings. The maximum absolute atomic E-state index is 11.2. The Morgan fingerprint density at radius 3 is 2.58 bits per heavy atom. The standard InChI is InChI=1S/C13H12N4O2/c1-16-17-12(7-11(15)13(18)19-2)10-5-3-9(8-14)4-6-10/h3-7H,1,15H2,2H3. The fourth-order valence-electron chi connectivity index (χ4n) is 1.29. The number of carbonyl (C=O) groups is 1. The molecule has 0 amide bonds. The van der Waals surface area contributed by atoms with Gasteiger partial charge in [0.05, 0.1) is 24.5 Å². The second-order valence-corrected chi connectivity index (χ2v) is 3.41. The predicted octanol–water partition coefficient (Wildman–Crippen LogP) is 0.979. The third-order valence-electron chi connectivity index (χ3n) is 2.20. The van der Waals surface area contributed by atoms with Crippen LogP contribution in [-0.4, -0.2) is 25.5 Å². The Balaban J connectivity index is 3.15. The number of nitrogens with zero attached hydrogens (tertiary/aromatic N) is 3. The van der Waals surface area contributed by atoms with E-state index in [4.69, 9.17) is 11.0 Å². The Kier molecular flexibility index (Phi) is 4.99. The van der Waals surface area contributed by atoms with E-state index in [9.17, 15) is 4.79 Å². The van der Waals surface area contributed by atoms with Gasteiger partial charge in [0.1, 0.15) is 5.70 Å². The number of hydrogen-bond acceptors (Lipinski definition) is 6. The van der Waals surface area contributed by atoms with Gasteiger partial charge in [-0.15, -0.1) is 0 Å². The minimum atomic E-state index is -0.662. The lowest BCUT2D eigenvalue weighted by Gasteiger charge is -2.02. The Morgan fingerprint density at radius 1 is 1.47 bits per heavy atom. The van der Waals surface area contributed by atoms with Gasteiger partial charge in [0.2, 0.25) is 0 Å². The number of rotatable bonds is 4. The topological polar surface area (TPSA) is 101 Å². The number of allylic oxidation sites excluding steroid dienone is 1. The molecule has 6 nitrogen and oxygen atoms in total. The molecule has 0 spiro atoms. The molecule has 1 aromatic rings. The monoisotopic (exact) mass is 256 g/mol. The van der Waals surface area contributed by atoms with Crippen molar-refractivity contribution in [1.29, 1.82) is 5.26 Å². The molecule has 0 bridgehead atoms. The summed E-state index contributed by atoms with van der Waals surface area (Å²) in [5.74, 6) is -0.662. The zero-order chi connectivity index (χ0) is 14.3. The van der Waals surface area contributed by atoms with Crippen LogP contribution in [0.4, 0.5) is 0 Å². The molecule has 1 rings (SSSR count). The van der Waals surface area contributed by atoms with Gasteiger partial charge in [0, 0.05) is 12.3 Å². The number of benzene rings is 1. The van der Waals surface area contributed by atoms with Gasteiger partial charge in [-0.3, -0.25) is 0 Å². The molecule has 0 aliphatic carbocycles. The third kappa shape index (κ3) is 3.78. The SMILES string of the molecule is C=NN=C(C=C(N)C(=O)OC)c1ccc(C#N)cc1. The van der Waals surface area contributed by atoms with Crippen molar-refractivity contribution in [1.82, 2.24) is 0 Å². The number of nitriles is 1. The van der Waals surface area contributed by atoms with Crippen molar-refractivity contribution in [2.45, 2.75) is 0 Å². The first-order valence-electron chi connectivity index (χ1n) is 5.22. The molecule has 1 aromatic carbocycles. The molecule has 0 radical (unpaired) electrons. The summed E-state index contributed by atoms with van der Waals surface area (Å²) in [5, 5.41) is 15.9. The van der Waals surface area contributed by atoms with Gasteiger partial charge in [-0.1, -0.05) is 12.1 Å². The molecule has 0 heterocycles. The number of hydrogen-bond donors (Lipinski definition) is 1. The van der Waals surface area contributed by atoms with Gasteiger partial charge in [0.15, 0.2) is 0 Å². The Morgan fingerprint density at radius 2 is 2.11 bits per heavy atom. The number of nitrogens with two attached hydrogens (primary N) is 1. The third-order valence-corrected chi connectivity index (χ3v) is 2.20. The van der Waals surface area contributed by atoms with E-state index < -0.39 is 5.97 Å². The van der Waals surface area contributed by atoms with Crippen molar-refractivity contribution in [2.24, 2.45) is 15.9 Å². The molecule has 6 heteroatoms. The fraction of sp³-hybridized carbons (Fsp3) is 0.0769. The van der Waals surface area contributed by atoms with E-state index in [-0.39, 0.29) is 5.70 Å². The van der Waals surface area contributed by atoms with Crippen molar-refractivity contribution in [3.63, 3.8) is 0 Å². The Hall–Kier alpha value is -2.94. The average Bonchev–Trinajstić information content (AvgIpc) is 2.45. The number of carbonyl (C=O) groups excluding carboxylic acids is 1. The van der Waals surface area contributed by atoms with E-state index >= 15 is 0 Å². The first kappa shape index (κ1) is 14.1. The Labute approximate surface area is 110 Å². The van der Waals surface area contributed by atoms with Crippen molar-refractivity contribution < 1.29 is 9.53 Å². The summed E-state index contributed by atoms with van der Waals surface area (Å²) in [7, 11) is 1.23. The van der Waals surface area contributed by atoms with E-state index in [0.717, 1.165) is 0 Å². The molecule has 0 aromatic heterocycles. The van der Waals surface area contributed by atoms with Gasteiger partial charge in [-0.25, -0.2) is 4.79 Å². The lowest BCUT2D eigenvalue weighted by atomic mass is 10.1. The number of ether oxygens (including phenoxy) is 1. The molecule has 0 saturated heterocycles. The zero-order valence-electron chi connectivity index (χ0n) is 10.3. The first-order valence-corrected chi connectivity index (χ1v) is 5.22. The van der Waals surface area contributed by atoms with Crippen LogP contribution in [0.1, 0.15) is 11.1 Å². The first-order chi connectivity index (χ1) is 9.12. The molecule has 0 atom stereocenters. The van der Waals surface area contributed by atoms with Crippen molar-refractivity contribution >= 4 is 18.4 Å². The predicted molar refractivity (Wildman–Crippen MR) is 71.5 cm³/mol. The van der Waals surface area contributed by atoms with Crippen LogP contribution >= 0.6 is 0 Å². The summed E-state index contributed by atoms with van der Waals surface area (Å²) in [4.78, 5) is 11.2. The van der Waals surface area contributed by atoms with Crippen LogP contribution in [-0.2, 0) is 9.53 Å². The summed E-state index contributed by atoms with van der Waals surface area (Å²) in [6.45, 7) is 3.26. The molecule has 0 unspecified atom stereocenters. The summed E-state index contributed by atoms with van der Waals surface area (Å²) in [5.41, 5.74) is 6.96. The van der Waals surface area contributed by atoms with Gasteiger partial charge in [-0.2, -0.15) is 15.5 Å². The van der Waals surface area contributed by atoms with E-state index in [2.05, 4.69) is 21.7 Å². The zero-order valence-corrected chi connectivity index (χ0v) is 10.3. The number of esters is 1. The van der Waals surface area contributed by atoms with Crippen LogP contribution in [0.3, 0.4) is 0 Å². The molecular formula is C13H12N4O2. The number of methoxy groups -OCH3 is 1. The van der Waals surface area contributed by atoms with Crippen LogP contribution < -0.4 is 5.73 Å². The molecule has 0 saturated carbocycles. The van der Waals surface area contributed by atoms with Crippen LogP contribution in [0.25, 0.3) is 0 Å². The van der Waals surface area contributed by atoms with E-state index in [1.807, 2.05) is 6.07 Å². The molecular weight excluding hydrogens is 244 g/mol. The van der Waals surface area contributed by atoms with Gasteiger partial charge < -0.3 is 10.5 Å². The highest BCUT2D eigenvalue weighted by Crippen LogP contribution is 2.07. The van der Waals surface area contributed by atoms with Crippen LogP contribution in [0.15, 0.2) is 46.2 Å². The second-order valence-electron chi connectivity index (χ2n) is 3.41. The van der Waals surface area contributed by atoms with E-state index in [1.165, 1.54) is 13.2 Å². The minimum absolute atomic E-state index is 0.103. The van der Waals surface area contributed by atoms with Crippen LogP contribution in [0.2, 0.25) is 0 Å². The minimum Gasteiger partial charge on any atom is -0.464 e. The smallest absolute Gasteiger partial charge is 0.353 e. The van der Waals surface area contributed by atoms with Crippen LogP contribution in [0.5, 0.6) is 0 Å². The Bertz CT molecular complexity index is 580. The van der Waals surface area contributed by atoms with Crippen molar-refractivity contribution in [3.05, 3.63) is 47.2 Å². The highest BCUT2D eigenvalue weighted by molar-refractivity contribution is 6.11. The van der Waals surface area contributed by atoms with Gasteiger partial charge >= 0.3 is 5.97 Å². The van der Waals surface area contributed by atoms with Crippen LogP contribution in [0, 0.1) is 11.3 Å². The largest absolute Gasteiger partial charge is 0.464 e. The summed E-state index contributed by atoms with van der Waals surface area (Å²) < 4.78 is 4.49. The maximum Gasteiger partial charge on any atom is 0.353 e. The van der Waals surface area contributed by atoms with Crippen molar-refractivity contribution in [3.8, 4) is 6.07 Å². The van der Waals surface area contributed by atoms with E-state index in [1.54, 1.807) is 24.3 Å². The lowest BCUT2D eigenvalue weighted by molar-refractivity contribution is -0.136. The summed E-state index contributed by atoms with van der Waals surface area (Å²) >= 11 is 0. The quantitative estimate of drug-likeness (QED) is 0.375. The average molecular weight is 256 g/mol. The molecule has 2 N–H and O–H groups in total. The lowest BCUT2D eigenvalue weighted by Crippen LogP contribution is -2.15. The molecule has 0 aliphatic heterocycles. The summed E-state index contributed by atoms with van der Waals surface area (Å²) in [6.07, 6.45) is 1.34. The van der Waals surface area contributed by atoms with Gasteiger partial charge in [-0.05, 0) is 18.2 Å². The normalized spacial score (nSPS) is 11.6. The fourth-order valence-corrected chi connectivity index (χ4v) is 1.29.